The Labute approximate surface area is 144 Å². The van der Waals surface area contributed by atoms with E-state index in [9.17, 15) is 0 Å². The average Bonchev–Trinajstić information content (AvgIpc) is 2.59. The Hall–Kier alpha value is -0.810. The summed E-state index contributed by atoms with van der Waals surface area (Å²) in [5, 5.41) is 4.48. The van der Waals surface area contributed by atoms with E-state index in [0.29, 0.717) is 12.0 Å². The maximum absolute atomic E-state index is 6.39. The minimum absolute atomic E-state index is 0.410. The van der Waals surface area contributed by atoms with E-state index < -0.39 is 0 Å². The molecule has 0 bridgehead atoms. The van der Waals surface area contributed by atoms with Crippen molar-refractivity contribution in [1.29, 1.82) is 0 Å². The fraction of sp³-hybridized carbons (Fsp3) is 0.667. The van der Waals surface area contributed by atoms with Crippen LogP contribution in [0.5, 0.6) is 0 Å². The summed E-state index contributed by atoms with van der Waals surface area (Å²) in [6.45, 7) is 8.49. The van der Waals surface area contributed by atoms with Crippen molar-refractivity contribution < 1.29 is 9.47 Å². The van der Waals surface area contributed by atoms with Gasteiger partial charge in [0.15, 0.2) is 0 Å². The maximum atomic E-state index is 6.39. The zero-order valence-corrected chi connectivity index (χ0v) is 14.6. The Morgan fingerprint density at radius 1 is 1.26 bits per heavy atom. The monoisotopic (exact) mass is 338 g/mol. The Morgan fingerprint density at radius 3 is 2.83 bits per heavy atom. The van der Waals surface area contributed by atoms with Crippen LogP contribution in [0.15, 0.2) is 18.2 Å². The van der Waals surface area contributed by atoms with Crippen LogP contribution in [0.4, 0.5) is 5.69 Å². The largest absolute Gasteiger partial charge is 0.382 e. The van der Waals surface area contributed by atoms with Crippen LogP contribution in [-0.4, -0.2) is 50.5 Å². The number of benzene rings is 1. The number of halogens is 1. The average molecular weight is 339 g/mol. The molecule has 0 aliphatic carbocycles. The molecule has 1 aromatic rings. The third-order valence-electron chi connectivity index (χ3n) is 4.84. The van der Waals surface area contributed by atoms with Crippen molar-refractivity contribution in [2.24, 2.45) is 5.92 Å². The van der Waals surface area contributed by atoms with Gasteiger partial charge in [-0.05, 0) is 43.5 Å². The van der Waals surface area contributed by atoms with Crippen molar-refractivity contribution in [3.63, 3.8) is 0 Å². The molecule has 0 radical (unpaired) electrons. The van der Waals surface area contributed by atoms with Crippen LogP contribution in [0.2, 0.25) is 5.02 Å². The summed E-state index contributed by atoms with van der Waals surface area (Å²) in [5.41, 5.74) is 2.33. The zero-order valence-electron chi connectivity index (χ0n) is 13.9. The predicted octanol–water partition coefficient (Wildman–Crippen LogP) is 3.40. The van der Waals surface area contributed by atoms with Gasteiger partial charge in [-0.1, -0.05) is 11.6 Å². The first kappa shape index (κ1) is 17.0. The summed E-state index contributed by atoms with van der Waals surface area (Å²) in [5.74, 6) is 0.585. The summed E-state index contributed by atoms with van der Waals surface area (Å²) in [6.07, 6.45) is 2.40. The molecule has 2 aliphatic heterocycles. The van der Waals surface area contributed by atoms with Gasteiger partial charge in [-0.2, -0.15) is 0 Å². The number of nitrogens with zero attached hydrogens (tertiary/aromatic N) is 1. The highest BCUT2D eigenvalue weighted by Gasteiger charge is 2.21. The summed E-state index contributed by atoms with van der Waals surface area (Å²) in [4.78, 5) is 2.40. The second kappa shape index (κ2) is 8.34. The third kappa shape index (κ3) is 4.83. The van der Waals surface area contributed by atoms with E-state index in [1.165, 1.54) is 18.4 Å². The molecule has 2 aliphatic rings. The van der Waals surface area contributed by atoms with Crippen LogP contribution >= 0.6 is 11.6 Å². The van der Waals surface area contributed by atoms with Crippen molar-refractivity contribution in [3.05, 3.63) is 28.8 Å². The molecule has 2 atom stereocenters. The number of hydrogen-bond donors (Lipinski definition) is 1. The summed E-state index contributed by atoms with van der Waals surface area (Å²) < 4.78 is 11.0. The van der Waals surface area contributed by atoms with Gasteiger partial charge < -0.3 is 14.8 Å². The van der Waals surface area contributed by atoms with Crippen LogP contribution < -0.4 is 5.32 Å². The fourth-order valence-corrected chi connectivity index (χ4v) is 3.50. The minimum Gasteiger partial charge on any atom is -0.382 e. The van der Waals surface area contributed by atoms with E-state index in [-0.39, 0.29) is 0 Å². The lowest BCUT2D eigenvalue weighted by Crippen LogP contribution is -2.35. The summed E-state index contributed by atoms with van der Waals surface area (Å²) in [6, 6.07) is 6.68. The molecule has 2 fully saturated rings. The lowest BCUT2D eigenvalue weighted by atomic mass is 9.94. The molecular formula is C18H27ClN2O2. The van der Waals surface area contributed by atoms with E-state index >= 15 is 0 Å². The van der Waals surface area contributed by atoms with E-state index in [1.54, 1.807) is 0 Å². The Balaban J connectivity index is 1.61. The van der Waals surface area contributed by atoms with Crippen LogP contribution in [0, 0.1) is 5.92 Å². The van der Waals surface area contributed by atoms with Gasteiger partial charge in [-0.3, -0.25) is 4.90 Å². The summed E-state index contributed by atoms with van der Waals surface area (Å²) in [7, 11) is 0. The maximum Gasteiger partial charge on any atom is 0.0594 e. The number of rotatable bonds is 5. The zero-order chi connectivity index (χ0) is 16.1. The van der Waals surface area contributed by atoms with Gasteiger partial charge in [0.1, 0.15) is 0 Å². The summed E-state index contributed by atoms with van der Waals surface area (Å²) >= 11 is 6.39. The van der Waals surface area contributed by atoms with Gasteiger partial charge in [0.2, 0.25) is 0 Å². The van der Waals surface area contributed by atoms with Crippen LogP contribution in [0.1, 0.15) is 25.3 Å². The second-order valence-electron chi connectivity index (χ2n) is 6.60. The van der Waals surface area contributed by atoms with Crippen LogP contribution in [0.3, 0.4) is 0 Å². The van der Waals surface area contributed by atoms with Crippen molar-refractivity contribution in [2.75, 3.05) is 44.8 Å². The van der Waals surface area contributed by atoms with Gasteiger partial charge in [0, 0.05) is 48.9 Å². The first-order chi connectivity index (χ1) is 11.2. The topological polar surface area (TPSA) is 33.7 Å². The van der Waals surface area contributed by atoms with Crippen LogP contribution in [-0.2, 0) is 16.0 Å². The lowest BCUT2D eigenvalue weighted by Gasteiger charge is -2.30. The van der Waals surface area contributed by atoms with Crippen molar-refractivity contribution in [3.8, 4) is 0 Å². The first-order valence-electron chi connectivity index (χ1n) is 8.65. The highest BCUT2D eigenvalue weighted by atomic mass is 35.5. The molecular weight excluding hydrogens is 312 g/mol. The molecule has 1 aromatic carbocycles. The molecule has 2 heterocycles. The number of ether oxygens (including phenoxy) is 2. The molecule has 0 spiro atoms. The van der Waals surface area contributed by atoms with Crippen LogP contribution in [0.25, 0.3) is 0 Å². The molecule has 0 aromatic heterocycles. The Morgan fingerprint density at radius 2 is 2.09 bits per heavy atom. The molecule has 128 valence electrons. The smallest absolute Gasteiger partial charge is 0.0594 e. The molecule has 23 heavy (non-hydrogen) atoms. The van der Waals surface area contributed by atoms with E-state index in [2.05, 4.69) is 29.3 Å². The van der Waals surface area contributed by atoms with Gasteiger partial charge in [0.25, 0.3) is 0 Å². The SMILES string of the molecule is C[C@H](Nc1ccc(Cl)c(CN2CCOCC2)c1)[C@@H]1CCCOC1. The second-order valence-corrected chi connectivity index (χ2v) is 7.01. The molecule has 0 unspecified atom stereocenters. The van der Waals surface area contributed by atoms with E-state index in [0.717, 1.165) is 56.8 Å². The van der Waals surface area contributed by atoms with Gasteiger partial charge in [-0.25, -0.2) is 0 Å². The molecule has 0 amide bonds. The molecule has 4 nitrogen and oxygen atoms in total. The first-order valence-corrected chi connectivity index (χ1v) is 9.03. The molecule has 2 saturated heterocycles. The van der Waals surface area contributed by atoms with E-state index in [4.69, 9.17) is 21.1 Å². The van der Waals surface area contributed by atoms with Gasteiger partial charge in [-0.15, -0.1) is 0 Å². The Kier molecular flexibility index (Phi) is 6.17. The van der Waals surface area contributed by atoms with Gasteiger partial charge >= 0.3 is 0 Å². The number of morpholine rings is 1. The number of nitrogens with one attached hydrogen (secondary N) is 1. The molecule has 0 saturated carbocycles. The standard InChI is InChI=1S/C18H27ClN2O2/c1-14(15-3-2-8-23-13-15)20-17-4-5-18(19)16(11-17)12-21-6-9-22-10-7-21/h4-5,11,14-15,20H,2-3,6-10,12-13H2,1H3/t14-,15+/m0/s1. The van der Waals surface area contributed by atoms with Crippen molar-refractivity contribution >= 4 is 17.3 Å². The normalized spacial score (nSPS) is 24.3. The predicted molar refractivity (Wildman–Crippen MR) is 94.2 cm³/mol. The Bertz CT molecular complexity index is 500. The molecule has 5 heteroatoms. The van der Waals surface area contributed by atoms with E-state index in [1.807, 2.05) is 6.07 Å². The number of hydrogen-bond acceptors (Lipinski definition) is 4. The minimum atomic E-state index is 0.410. The van der Waals surface area contributed by atoms with Crippen molar-refractivity contribution in [1.82, 2.24) is 4.90 Å². The number of anilines is 1. The highest BCUT2D eigenvalue weighted by Crippen LogP contribution is 2.25. The quantitative estimate of drug-likeness (QED) is 0.892. The fourth-order valence-electron chi connectivity index (χ4n) is 3.33. The molecule has 1 N–H and O–H groups in total. The molecule has 3 rings (SSSR count). The highest BCUT2D eigenvalue weighted by molar-refractivity contribution is 6.31. The lowest BCUT2D eigenvalue weighted by molar-refractivity contribution is 0.0342. The van der Waals surface area contributed by atoms with Crippen molar-refractivity contribution in [2.45, 2.75) is 32.4 Å². The third-order valence-corrected chi connectivity index (χ3v) is 5.21. The van der Waals surface area contributed by atoms with Gasteiger partial charge in [0.05, 0.1) is 19.8 Å².